The third-order valence-electron chi connectivity index (χ3n) is 4.92. The molecule has 9 nitrogen and oxygen atoms in total. The summed E-state index contributed by atoms with van der Waals surface area (Å²) in [5.74, 6) is -2.25. The first-order valence-electron chi connectivity index (χ1n) is 9.37. The minimum absolute atomic E-state index is 0.0528. The van der Waals surface area contributed by atoms with E-state index in [9.17, 15) is 19.5 Å². The van der Waals surface area contributed by atoms with Crippen LogP contribution in [0.4, 0.5) is 11.4 Å². The van der Waals surface area contributed by atoms with Crippen molar-refractivity contribution in [2.75, 3.05) is 11.1 Å². The zero-order valence-corrected chi connectivity index (χ0v) is 16.2. The number of nitrogen functional groups attached to an aromatic ring is 1. The van der Waals surface area contributed by atoms with Crippen LogP contribution in [-0.2, 0) is 9.59 Å². The van der Waals surface area contributed by atoms with Gasteiger partial charge in [-0.1, -0.05) is 19.3 Å². The van der Waals surface area contributed by atoms with Crippen LogP contribution in [-0.4, -0.2) is 44.6 Å². The van der Waals surface area contributed by atoms with Crippen LogP contribution >= 0.6 is 0 Å². The van der Waals surface area contributed by atoms with Crippen LogP contribution in [0.2, 0.25) is 0 Å². The Hall–Kier alpha value is -2.68. The molecule has 1 fully saturated rings. The van der Waals surface area contributed by atoms with E-state index in [-0.39, 0.29) is 29.3 Å². The lowest BCUT2D eigenvalue weighted by Gasteiger charge is -2.31. The highest BCUT2D eigenvalue weighted by molar-refractivity contribution is 6.01. The third-order valence-corrected chi connectivity index (χ3v) is 4.92. The van der Waals surface area contributed by atoms with Crippen molar-refractivity contribution in [2.45, 2.75) is 64.0 Å². The Morgan fingerprint density at radius 3 is 2.50 bits per heavy atom. The number of carbonyl (C=O) groups is 3. The van der Waals surface area contributed by atoms with Gasteiger partial charge >= 0.3 is 5.97 Å². The molecule has 1 aromatic heterocycles. The van der Waals surface area contributed by atoms with Gasteiger partial charge in [0.25, 0.3) is 0 Å². The van der Waals surface area contributed by atoms with Crippen molar-refractivity contribution in [1.82, 2.24) is 10.3 Å². The Bertz CT molecular complexity index is 744. The topological polar surface area (TPSA) is 155 Å². The maximum absolute atomic E-state index is 12.4. The van der Waals surface area contributed by atoms with Gasteiger partial charge in [0.05, 0.1) is 17.6 Å². The predicted octanol–water partition coefficient (Wildman–Crippen LogP) is 1.53. The van der Waals surface area contributed by atoms with Gasteiger partial charge in [-0.3, -0.25) is 14.6 Å². The monoisotopic (exact) mass is 392 g/mol. The van der Waals surface area contributed by atoms with Crippen LogP contribution in [0.25, 0.3) is 0 Å². The van der Waals surface area contributed by atoms with E-state index in [2.05, 4.69) is 15.6 Å². The van der Waals surface area contributed by atoms with Gasteiger partial charge in [-0.2, -0.15) is 0 Å². The zero-order chi connectivity index (χ0) is 20.9. The lowest BCUT2D eigenvalue weighted by molar-refractivity contribution is -0.134. The highest BCUT2D eigenvalue weighted by Gasteiger charge is 2.32. The molecule has 1 aromatic rings. The fraction of sp³-hybridized carbons (Fsp3) is 0.579. The Kier molecular flexibility index (Phi) is 6.95. The van der Waals surface area contributed by atoms with Crippen LogP contribution < -0.4 is 16.4 Å². The SMILES string of the molecule is CC(C)(CC(=O)Nc1cncc(C(=O)O)c1N)NC(=O)[C@@H](O)C1CCCCC1. The van der Waals surface area contributed by atoms with Gasteiger partial charge in [0, 0.05) is 18.2 Å². The average molecular weight is 392 g/mol. The molecule has 0 unspecified atom stereocenters. The van der Waals surface area contributed by atoms with E-state index in [4.69, 9.17) is 10.8 Å². The maximum Gasteiger partial charge on any atom is 0.339 e. The van der Waals surface area contributed by atoms with Gasteiger partial charge in [0.1, 0.15) is 11.7 Å². The molecule has 0 saturated heterocycles. The summed E-state index contributed by atoms with van der Waals surface area (Å²) < 4.78 is 0. The molecule has 1 saturated carbocycles. The minimum atomic E-state index is -1.25. The summed E-state index contributed by atoms with van der Waals surface area (Å²) in [6, 6.07) is 0. The summed E-state index contributed by atoms with van der Waals surface area (Å²) in [5, 5.41) is 24.6. The van der Waals surface area contributed by atoms with Gasteiger partial charge in [-0.05, 0) is 32.6 Å². The van der Waals surface area contributed by atoms with E-state index < -0.39 is 29.4 Å². The number of nitrogens with two attached hydrogens (primary N) is 1. The summed E-state index contributed by atoms with van der Waals surface area (Å²) in [4.78, 5) is 39.6. The molecular formula is C19H28N4O5. The number of nitrogens with one attached hydrogen (secondary N) is 2. The van der Waals surface area contributed by atoms with Crippen LogP contribution in [0.15, 0.2) is 12.4 Å². The van der Waals surface area contributed by atoms with Crippen molar-refractivity contribution in [3.05, 3.63) is 18.0 Å². The summed E-state index contributed by atoms with van der Waals surface area (Å²) >= 11 is 0. The normalized spacial score (nSPS) is 16.2. The van der Waals surface area contributed by atoms with E-state index in [0.717, 1.165) is 38.3 Å². The lowest BCUT2D eigenvalue weighted by atomic mass is 9.84. The Morgan fingerprint density at radius 2 is 1.89 bits per heavy atom. The zero-order valence-electron chi connectivity index (χ0n) is 16.2. The van der Waals surface area contributed by atoms with Gasteiger partial charge in [-0.15, -0.1) is 0 Å². The van der Waals surface area contributed by atoms with Crippen LogP contribution in [0, 0.1) is 5.92 Å². The fourth-order valence-corrected chi connectivity index (χ4v) is 3.45. The number of aromatic nitrogens is 1. The number of pyridine rings is 1. The molecule has 9 heteroatoms. The molecule has 6 N–H and O–H groups in total. The number of aliphatic hydroxyl groups excluding tert-OH is 1. The molecule has 1 aliphatic rings. The number of anilines is 2. The number of amides is 2. The van der Waals surface area contributed by atoms with Crippen LogP contribution in [0.3, 0.4) is 0 Å². The molecule has 28 heavy (non-hydrogen) atoms. The highest BCUT2D eigenvalue weighted by atomic mass is 16.4. The molecule has 0 spiro atoms. The molecule has 2 amide bonds. The first-order valence-corrected chi connectivity index (χ1v) is 9.37. The number of aromatic carboxylic acids is 1. The van der Waals surface area contributed by atoms with Crippen molar-refractivity contribution < 1.29 is 24.6 Å². The van der Waals surface area contributed by atoms with Gasteiger partial charge in [0.2, 0.25) is 11.8 Å². The lowest BCUT2D eigenvalue weighted by Crippen LogP contribution is -2.51. The van der Waals surface area contributed by atoms with Gasteiger partial charge in [-0.25, -0.2) is 4.79 Å². The molecule has 2 rings (SSSR count). The quantitative estimate of drug-likeness (QED) is 0.471. The summed E-state index contributed by atoms with van der Waals surface area (Å²) in [6.45, 7) is 3.35. The minimum Gasteiger partial charge on any atom is -0.478 e. The number of carboxylic acid groups (broad SMARTS) is 1. The van der Waals surface area contributed by atoms with Crippen molar-refractivity contribution in [2.24, 2.45) is 5.92 Å². The van der Waals surface area contributed by atoms with Crippen LogP contribution in [0.5, 0.6) is 0 Å². The second-order valence-corrected chi connectivity index (χ2v) is 7.89. The smallest absolute Gasteiger partial charge is 0.339 e. The largest absolute Gasteiger partial charge is 0.478 e. The number of aliphatic hydroxyl groups is 1. The Balaban J connectivity index is 1.95. The van der Waals surface area contributed by atoms with E-state index in [1.54, 1.807) is 13.8 Å². The molecule has 0 bridgehead atoms. The number of carbonyl (C=O) groups excluding carboxylic acids is 2. The van der Waals surface area contributed by atoms with E-state index in [0.29, 0.717) is 0 Å². The first kappa shape index (κ1) is 21.6. The fourth-order valence-electron chi connectivity index (χ4n) is 3.45. The maximum atomic E-state index is 12.4. The Labute approximate surface area is 163 Å². The number of carboxylic acids is 1. The van der Waals surface area contributed by atoms with Crippen LogP contribution in [0.1, 0.15) is 62.7 Å². The number of hydrogen-bond acceptors (Lipinski definition) is 6. The molecule has 0 aromatic carbocycles. The van der Waals surface area contributed by atoms with Gasteiger partial charge < -0.3 is 26.6 Å². The molecule has 0 aliphatic heterocycles. The average Bonchev–Trinajstić information content (AvgIpc) is 2.62. The first-order chi connectivity index (χ1) is 13.1. The van der Waals surface area contributed by atoms with E-state index in [1.807, 2.05) is 0 Å². The van der Waals surface area contributed by atoms with Gasteiger partial charge in [0.15, 0.2) is 0 Å². The standard InChI is InChI=1S/C19H28N4O5/c1-19(2,23-17(26)16(25)11-6-4-3-5-7-11)8-14(24)22-13-10-21-9-12(15(13)20)18(27)28/h9-11,16,25H,3-8H2,1-2H3,(H2,20,21)(H,22,24)(H,23,26)(H,27,28)/t16-/m0/s1. The van der Waals surface area contributed by atoms with Crippen molar-refractivity contribution in [1.29, 1.82) is 0 Å². The second-order valence-electron chi connectivity index (χ2n) is 7.89. The molecule has 154 valence electrons. The van der Waals surface area contributed by atoms with Crippen molar-refractivity contribution in [3.63, 3.8) is 0 Å². The van der Waals surface area contributed by atoms with E-state index >= 15 is 0 Å². The summed E-state index contributed by atoms with van der Waals surface area (Å²) in [6.07, 6.45) is 5.96. The van der Waals surface area contributed by atoms with Crippen molar-refractivity contribution >= 4 is 29.2 Å². The summed E-state index contributed by atoms with van der Waals surface area (Å²) in [5.41, 5.74) is 4.64. The molecule has 1 aliphatic carbocycles. The summed E-state index contributed by atoms with van der Waals surface area (Å²) in [7, 11) is 0. The van der Waals surface area contributed by atoms with E-state index in [1.165, 1.54) is 6.20 Å². The number of hydrogen-bond donors (Lipinski definition) is 5. The Morgan fingerprint density at radius 1 is 1.25 bits per heavy atom. The number of nitrogens with zero attached hydrogens (tertiary/aromatic N) is 1. The predicted molar refractivity (Wildman–Crippen MR) is 104 cm³/mol. The third kappa shape index (κ3) is 5.66. The molecule has 0 radical (unpaired) electrons. The molecule has 1 heterocycles. The van der Waals surface area contributed by atoms with Crippen molar-refractivity contribution in [3.8, 4) is 0 Å². The molecular weight excluding hydrogens is 364 g/mol. The highest BCUT2D eigenvalue weighted by Crippen LogP contribution is 2.27. The molecule has 1 atom stereocenters. The second kappa shape index (κ2) is 9.01. The number of rotatable bonds is 7.